The van der Waals surface area contributed by atoms with Crippen molar-refractivity contribution in [1.29, 1.82) is 0 Å². The highest BCUT2D eigenvalue weighted by molar-refractivity contribution is 5.92. The van der Waals surface area contributed by atoms with Crippen molar-refractivity contribution < 1.29 is 38.0 Å². The van der Waals surface area contributed by atoms with Gasteiger partial charge >= 0.3 is 11.9 Å². The Labute approximate surface area is 193 Å². The van der Waals surface area contributed by atoms with Crippen LogP contribution in [0.25, 0.3) is 0 Å². The van der Waals surface area contributed by atoms with E-state index in [0.717, 1.165) is 0 Å². The Bertz CT molecular complexity index is 958. The van der Waals surface area contributed by atoms with Gasteiger partial charge in [0.15, 0.2) is 11.5 Å². The Morgan fingerprint density at radius 1 is 1.06 bits per heavy atom. The van der Waals surface area contributed by atoms with E-state index in [1.165, 1.54) is 31.6 Å². The first-order chi connectivity index (χ1) is 16.0. The van der Waals surface area contributed by atoms with Crippen molar-refractivity contribution >= 4 is 11.9 Å². The second-order valence-electron chi connectivity index (χ2n) is 7.49. The predicted octanol–water partition coefficient (Wildman–Crippen LogP) is 3.65. The maximum absolute atomic E-state index is 12.6. The molecular weight excluding hydrogens is 428 g/mol. The van der Waals surface area contributed by atoms with Gasteiger partial charge in [-0.2, -0.15) is 0 Å². The van der Waals surface area contributed by atoms with Gasteiger partial charge in [0.2, 0.25) is 0 Å². The summed E-state index contributed by atoms with van der Waals surface area (Å²) < 4.78 is 33.0. The molecule has 0 aliphatic carbocycles. The van der Waals surface area contributed by atoms with Gasteiger partial charge in [0.25, 0.3) is 0 Å². The lowest BCUT2D eigenvalue weighted by Crippen LogP contribution is -2.51. The molecule has 1 heterocycles. The van der Waals surface area contributed by atoms with Crippen LogP contribution in [-0.2, 0) is 18.9 Å². The van der Waals surface area contributed by atoms with Crippen LogP contribution in [0.2, 0.25) is 0 Å². The summed E-state index contributed by atoms with van der Waals surface area (Å²) >= 11 is 0. The molecule has 0 amide bonds. The number of rotatable bonds is 9. The number of methoxy groups -OCH3 is 2. The lowest BCUT2D eigenvalue weighted by molar-refractivity contribution is -0.175. The zero-order chi connectivity index (χ0) is 23.8. The standard InChI is InChI=1S/C25H28O8/c1-5-30-23-16(2)21(31-15-22(23)29-4)14-32-24(26)18-11-12-19(20(13-18)28-3)33-25(27)17-9-7-6-8-10-17/h5-13,16,21-23H,1,14-15H2,2-4H3/t16-,21?,22+,23?/m1/s1. The summed E-state index contributed by atoms with van der Waals surface area (Å²) in [7, 11) is 3.02. The molecule has 8 nitrogen and oxygen atoms in total. The molecule has 3 rings (SSSR count). The molecule has 1 aliphatic rings. The summed E-state index contributed by atoms with van der Waals surface area (Å²) in [4.78, 5) is 25.0. The van der Waals surface area contributed by atoms with Gasteiger partial charge in [-0.05, 0) is 30.3 Å². The number of benzene rings is 2. The van der Waals surface area contributed by atoms with Crippen LogP contribution in [0.15, 0.2) is 61.4 Å². The van der Waals surface area contributed by atoms with E-state index >= 15 is 0 Å². The Hall–Kier alpha value is -3.36. The van der Waals surface area contributed by atoms with Crippen LogP contribution in [0.3, 0.4) is 0 Å². The van der Waals surface area contributed by atoms with Crippen LogP contribution in [0.4, 0.5) is 0 Å². The summed E-state index contributed by atoms with van der Waals surface area (Å²) in [6.45, 7) is 5.91. The molecule has 2 unspecified atom stereocenters. The zero-order valence-corrected chi connectivity index (χ0v) is 18.9. The number of hydrogen-bond acceptors (Lipinski definition) is 8. The topological polar surface area (TPSA) is 89.5 Å². The molecule has 1 fully saturated rings. The molecule has 33 heavy (non-hydrogen) atoms. The number of hydrogen-bond donors (Lipinski definition) is 0. The molecule has 0 bridgehead atoms. The van der Waals surface area contributed by atoms with E-state index in [4.69, 9.17) is 28.4 Å². The van der Waals surface area contributed by atoms with Crippen molar-refractivity contribution in [1.82, 2.24) is 0 Å². The van der Waals surface area contributed by atoms with E-state index < -0.39 is 11.9 Å². The lowest BCUT2D eigenvalue weighted by atomic mass is 9.91. The Morgan fingerprint density at radius 2 is 1.82 bits per heavy atom. The van der Waals surface area contributed by atoms with Crippen LogP contribution in [0.1, 0.15) is 27.6 Å². The zero-order valence-electron chi connectivity index (χ0n) is 18.9. The summed E-state index contributed by atoms with van der Waals surface area (Å²) in [6, 6.07) is 13.0. The molecule has 2 aromatic rings. The molecule has 176 valence electrons. The van der Waals surface area contributed by atoms with Crippen LogP contribution in [0, 0.1) is 5.92 Å². The fourth-order valence-electron chi connectivity index (χ4n) is 3.59. The van der Waals surface area contributed by atoms with Gasteiger partial charge in [-0.1, -0.05) is 31.7 Å². The molecule has 1 aliphatic heterocycles. The summed E-state index contributed by atoms with van der Waals surface area (Å²) in [5.41, 5.74) is 0.655. The van der Waals surface area contributed by atoms with Crippen molar-refractivity contribution in [2.75, 3.05) is 27.4 Å². The summed E-state index contributed by atoms with van der Waals surface area (Å²) in [6.07, 6.45) is 0.516. The normalized spacial score (nSPS) is 22.2. The van der Waals surface area contributed by atoms with Gasteiger partial charge in [-0.25, -0.2) is 9.59 Å². The van der Waals surface area contributed by atoms with Gasteiger partial charge in [-0.15, -0.1) is 0 Å². The Balaban J connectivity index is 1.63. The second-order valence-corrected chi connectivity index (χ2v) is 7.49. The summed E-state index contributed by atoms with van der Waals surface area (Å²) in [5, 5.41) is 0. The smallest absolute Gasteiger partial charge is 0.343 e. The van der Waals surface area contributed by atoms with Crippen molar-refractivity contribution in [3.05, 3.63) is 72.5 Å². The number of carbonyl (C=O) groups is 2. The number of carbonyl (C=O) groups excluding carboxylic acids is 2. The van der Waals surface area contributed by atoms with Crippen molar-refractivity contribution in [2.45, 2.75) is 25.2 Å². The molecule has 1 saturated heterocycles. The third-order valence-electron chi connectivity index (χ3n) is 5.49. The molecule has 4 atom stereocenters. The molecule has 0 radical (unpaired) electrons. The highest BCUT2D eigenvalue weighted by Gasteiger charge is 2.39. The van der Waals surface area contributed by atoms with Crippen molar-refractivity contribution in [3.8, 4) is 11.5 Å². The second kappa shape index (κ2) is 11.5. The van der Waals surface area contributed by atoms with Crippen LogP contribution in [0.5, 0.6) is 11.5 Å². The average molecular weight is 456 g/mol. The first-order valence-corrected chi connectivity index (χ1v) is 10.5. The maximum atomic E-state index is 12.6. The third kappa shape index (κ3) is 5.91. The SMILES string of the molecule is C=COC1[C@H](C)C(COC(=O)c2ccc(OC(=O)c3ccccc3)c(OC)c2)OC[C@@H]1OC. The lowest BCUT2D eigenvalue weighted by Gasteiger charge is -2.39. The predicted molar refractivity (Wildman–Crippen MR) is 119 cm³/mol. The first-order valence-electron chi connectivity index (χ1n) is 10.5. The van der Waals surface area contributed by atoms with Crippen molar-refractivity contribution in [2.24, 2.45) is 5.92 Å². The highest BCUT2D eigenvalue weighted by atomic mass is 16.6. The van der Waals surface area contributed by atoms with E-state index in [2.05, 4.69) is 6.58 Å². The van der Waals surface area contributed by atoms with Gasteiger partial charge in [0.05, 0.1) is 37.2 Å². The van der Waals surface area contributed by atoms with Crippen LogP contribution in [-0.4, -0.2) is 57.7 Å². The maximum Gasteiger partial charge on any atom is 0.343 e. The minimum atomic E-state index is -0.555. The van der Waals surface area contributed by atoms with Crippen LogP contribution >= 0.6 is 0 Å². The van der Waals surface area contributed by atoms with E-state index in [1.807, 2.05) is 6.92 Å². The number of ether oxygens (including phenoxy) is 6. The van der Waals surface area contributed by atoms with E-state index in [1.54, 1.807) is 37.4 Å². The van der Waals surface area contributed by atoms with E-state index in [-0.39, 0.29) is 47.9 Å². The Morgan fingerprint density at radius 3 is 2.48 bits per heavy atom. The largest absolute Gasteiger partial charge is 0.495 e. The van der Waals surface area contributed by atoms with Gasteiger partial charge in [-0.3, -0.25) is 0 Å². The molecule has 0 N–H and O–H groups in total. The molecule has 0 aromatic heterocycles. The van der Waals surface area contributed by atoms with E-state index in [9.17, 15) is 9.59 Å². The third-order valence-corrected chi connectivity index (χ3v) is 5.49. The monoisotopic (exact) mass is 456 g/mol. The molecule has 0 saturated carbocycles. The molecule has 2 aromatic carbocycles. The van der Waals surface area contributed by atoms with Crippen LogP contribution < -0.4 is 9.47 Å². The average Bonchev–Trinajstić information content (AvgIpc) is 2.85. The first kappa shape index (κ1) is 24.3. The summed E-state index contributed by atoms with van der Waals surface area (Å²) in [5.74, 6) is -0.747. The van der Waals surface area contributed by atoms with Gasteiger partial charge < -0.3 is 28.4 Å². The van der Waals surface area contributed by atoms with Crippen molar-refractivity contribution in [3.63, 3.8) is 0 Å². The highest BCUT2D eigenvalue weighted by Crippen LogP contribution is 2.30. The minimum Gasteiger partial charge on any atom is -0.495 e. The van der Waals surface area contributed by atoms with Gasteiger partial charge in [0, 0.05) is 13.0 Å². The van der Waals surface area contributed by atoms with Gasteiger partial charge in [0.1, 0.15) is 18.8 Å². The Kier molecular flexibility index (Phi) is 8.46. The number of esters is 2. The molecular formula is C25H28O8. The fraction of sp³-hybridized carbons (Fsp3) is 0.360. The quantitative estimate of drug-likeness (QED) is 0.321. The van der Waals surface area contributed by atoms with E-state index in [0.29, 0.717) is 12.2 Å². The molecule has 0 spiro atoms. The fourth-order valence-corrected chi connectivity index (χ4v) is 3.59. The minimum absolute atomic E-state index is 0.0422. The molecule has 8 heteroatoms.